The van der Waals surface area contributed by atoms with Crippen molar-refractivity contribution in [1.82, 2.24) is 5.32 Å². The predicted molar refractivity (Wildman–Crippen MR) is 61.5 cm³/mol. The molecule has 88 valence electrons. The van der Waals surface area contributed by atoms with Crippen LogP contribution >= 0.6 is 0 Å². The second kappa shape index (κ2) is 4.86. The molecule has 0 spiro atoms. The van der Waals surface area contributed by atoms with E-state index in [0.29, 0.717) is 6.04 Å². The molecule has 3 nitrogen and oxygen atoms in total. The van der Waals surface area contributed by atoms with Crippen LogP contribution < -0.4 is 5.32 Å². The third-order valence-corrected chi connectivity index (χ3v) is 4.05. The van der Waals surface area contributed by atoms with Gasteiger partial charge >= 0.3 is 0 Å². The summed E-state index contributed by atoms with van der Waals surface area (Å²) in [5.41, 5.74) is -0.697. The van der Waals surface area contributed by atoms with Gasteiger partial charge in [0.2, 0.25) is 5.91 Å². The minimum atomic E-state index is -0.697. The minimum Gasteiger partial charge on any atom is -0.352 e. The Kier molecular flexibility index (Phi) is 3.48. The molecule has 2 fully saturated rings. The quantitative estimate of drug-likeness (QED) is 0.777. The zero-order valence-electron chi connectivity index (χ0n) is 9.80. The standard InChI is InChI=1S/C13H20N2O/c14-10-13(8-4-5-9-13)12(16)15-11-6-2-1-3-7-11/h11H,1-9H2,(H,15,16). The number of carbonyl (C=O) groups excluding carboxylic acids is 1. The van der Waals surface area contributed by atoms with E-state index in [1.165, 1.54) is 19.3 Å². The fourth-order valence-corrected chi connectivity index (χ4v) is 2.94. The van der Waals surface area contributed by atoms with Crippen LogP contribution in [0.1, 0.15) is 57.8 Å². The van der Waals surface area contributed by atoms with E-state index in [1.807, 2.05) is 0 Å². The first-order valence-corrected chi connectivity index (χ1v) is 6.49. The van der Waals surface area contributed by atoms with Crippen LogP contribution in [0.15, 0.2) is 0 Å². The summed E-state index contributed by atoms with van der Waals surface area (Å²) in [6, 6.07) is 2.58. The molecular weight excluding hydrogens is 200 g/mol. The predicted octanol–water partition coefficient (Wildman–Crippen LogP) is 2.52. The average molecular weight is 220 g/mol. The van der Waals surface area contributed by atoms with Crippen molar-refractivity contribution < 1.29 is 4.79 Å². The average Bonchev–Trinajstić information content (AvgIpc) is 2.80. The largest absolute Gasteiger partial charge is 0.352 e. The highest BCUT2D eigenvalue weighted by Gasteiger charge is 2.42. The first-order chi connectivity index (χ1) is 7.77. The first kappa shape index (κ1) is 11.4. The fraction of sp³-hybridized carbons (Fsp3) is 0.846. The molecule has 0 saturated heterocycles. The lowest BCUT2D eigenvalue weighted by atomic mass is 9.86. The number of rotatable bonds is 2. The molecule has 2 rings (SSSR count). The molecule has 0 aromatic rings. The van der Waals surface area contributed by atoms with Crippen molar-refractivity contribution in [3.63, 3.8) is 0 Å². The Morgan fingerprint density at radius 1 is 1.12 bits per heavy atom. The fourth-order valence-electron chi connectivity index (χ4n) is 2.94. The Bertz CT molecular complexity index is 294. The Labute approximate surface area is 97.2 Å². The molecule has 3 heteroatoms. The van der Waals surface area contributed by atoms with Gasteiger partial charge in [0.05, 0.1) is 6.07 Å². The van der Waals surface area contributed by atoms with Crippen LogP contribution in [-0.2, 0) is 4.79 Å². The van der Waals surface area contributed by atoms with Gasteiger partial charge in [0.25, 0.3) is 0 Å². The van der Waals surface area contributed by atoms with Gasteiger partial charge in [-0.3, -0.25) is 4.79 Å². The molecule has 0 radical (unpaired) electrons. The molecule has 2 aliphatic carbocycles. The molecule has 2 aliphatic rings. The highest BCUT2D eigenvalue weighted by atomic mass is 16.2. The summed E-state index contributed by atoms with van der Waals surface area (Å²) in [4.78, 5) is 12.1. The van der Waals surface area contributed by atoms with Crippen molar-refractivity contribution in [2.45, 2.75) is 63.8 Å². The van der Waals surface area contributed by atoms with Crippen LogP contribution in [0.4, 0.5) is 0 Å². The van der Waals surface area contributed by atoms with E-state index >= 15 is 0 Å². The Hall–Kier alpha value is -1.04. The summed E-state index contributed by atoms with van der Waals surface area (Å²) in [6.07, 6.45) is 9.44. The number of amides is 1. The number of nitrogens with one attached hydrogen (secondary N) is 1. The second-order valence-corrected chi connectivity index (χ2v) is 5.21. The lowest BCUT2D eigenvalue weighted by Gasteiger charge is -2.27. The van der Waals surface area contributed by atoms with E-state index in [0.717, 1.165) is 38.5 Å². The smallest absolute Gasteiger partial charge is 0.240 e. The van der Waals surface area contributed by atoms with Gasteiger partial charge in [0.1, 0.15) is 5.41 Å². The normalized spacial score (nSPS) is 24.9. The van der Waals surface area contributed by atoms with Gasteiger partial charge < -0.3 is 5.32 Å². The van der Waals surface area contributed by atoms with Gasteiger partial charge in [-0.05, 0) is 25.7 Å². The molecule has 0 aromatic carbocycles. The molecule has 0 atom stereocenters. The van der Waals surface area contributed by atoms with E-state index in [4.69, 9.17) is 0 Å². The maximum absolute atomic E-state index is 12.1. The third kappa shape index (κ3) is 2.21. The lowest BCUT2D eigenvalue weighted by molar-refractivity contribution is -0.128. The van der Waals surface area contributed by atoms with Gasteiger partial charge in [-0.2, -0.15) is 5.26 Å². The van der Waals surface area contributed by atoms with Crippen molar-refractivity contribution in [3.8, 4) is 6.07 Å². The Balaban J connectivity index is 1.93. The van der Waals surface area contributed by atoms with E-state index in [-0.39, 0.29) is 5.91 Å². The summed E-state index contributed by atoms with van der Waals surface area (Å²) in [7, 11) is 0. The van der Waals surface area contributed by atoms with Crippen LogP contribution in [0.2, 0.25) is 0 Å². The summed E-state index contributed by atoms with van der Waals surface area (Å²) in [5.74, 6) is -0.000556. The Morgan fingerprint density at radius 2 is 1.75 bits per heavy atom. The second-order valence-electron chi connectivity index (χ2n) is 5.21. The number of hydrogen-bond acceptors (Lipinski definition) is 2. The maximum atomic E-state index is 12.1. The first-order valence-electron chi connectivity index (χ1n) is 6.49. The van der Waals surface area contributed by atoms with Crippen LogP contribution in [0.25, 0.3) is 0 Å². The van der Waals surface area contributed by atoms with Crippen LogP contribution in [0, 0.1) is 16.7 Å². The van der Waals surface area contributed by atoms with Crippen LogP contribution in [0.5, 0.6) is 0 Å². The van der Waals surface area contributed by atoms with Crippen molar-refractivity contribution in [3.05, 3.63) is 0 Å². The molecule has 0 bridgehead atoms. The van der Waals surface area contributed by atoms with Gasteiger partial charge in [-0.25, -0.2) is 0 Å². The van der Waals surface area contributed by atoms with E-state index < -0.39 is 5.41 Å². The highest BCUT2D eigenvalue weighted by molar-refractivity contribution is 5.85. The molecule has 16 heavy (non-hydrogen) atoms. The number of carbonyl (C=O) groups is 1. The van der Waals surface area contributed by atoms with Crippen molar-refractivity contribution in [2.24, 2.45) is 5.41 Å². The number of hydrogen-bond donors (Lipinski definition) is 1. The summed E-state index contributed by atoms with van der Waals surface area (Å²) in [5, 5.41) is 12.3. The Morgan fingerprint density at radius 3 is 2.31 bits per heavy atom. The topological polar surface area (TPSA) is 52.9 Å². The molecule has 0 unspecified atom stereocenters. The molecule has 0 aliphatic heterocycles. The van der Waals surface area contributed by atoms with Gasteiger partial charge in [0.15, 0.2) is 0 Å². The number of nitriles is 1. The van der Waals surface area contributed by atoms with Crippen molar-refractivity contribution in [2.75, 3.05) is 0 Å². The molecule has 2 saturated carbocycles. The van der Waals surface area contributed by atoms with Crippen molar-refractivity contribution in [1.29, 1.82) is 5.26 Å². The van der Waals surface area contributed by atoms with Crippen LogP contribution in [0.3, 0.4) is 0 Å². The zero-order valence-corrected chi connectivity index (χ0v) is 9.80. The van der Waals surface area contributed by atoms with Gasteiger partial charge in [-0.15, -0.1) is 0 Å². The minimum absolute atomic E-state index is 0.000556. The zero-order chi connectivity index (χ0) is 11.4. The molecular formula is C13H20N2O. The number of nitrogens with zero attached hydrogens (tertiary/aromatic N) is 1. The summed E-state index contributed by atoms with van der Waals surface area (Å²) in [6.45, 7) is 0. The molecule has 0 aromatic heterocycles. The monoisotopic (exact) mass is 220 g/mol. The molecule has 1 amide bonds. The summed E-state index contributed by atoms with van der Waals surface area (Å²) < 4.78 is 0. The maximum Gasteiger partial charge on any atom is 0.240 e. The highest BCUT2D eigenvalue weighted by Crippen LogP contribution is 2.38. The SMILES string of the molecule is N#CC1(C(=O)NC2CCCCC2)CCCC1. The molecule has 1 N–H and O–H groups in total. The van der Waals surface area contributed by atoms with E-state index in [9.17, 15) is 10.1 Å². The molecule has 0 heterocycles. The van der Waals surface area contributed by atoms with Crippen LogP contribution in [-0.4, -0.2) is 11.9 Å². The van der Waals surface area contributed by atoms with Crippen molar-refractivity contribution >= 4 is 5.91 Å². The third-order valence-electron chi connectivity index (χ3n) is 4.05. The van der Waals surface area contributed by atoms with E-state index in [2.05, 4.69) is 11.4 Å². The summed E-state index contributed by atoms with van der Waals surface area (Å²) >= 11 is 0. The van der Waals surface area contributed by atoms with Gasteiger partial charge in [-0.1, -0.05) is 32.1 Å². The lowest BCUT2D eigenvalue weighted by Crippen LogP contribution is -2.44. The van der Waals surface area contributed by atoms with Gasteiger partial charge in [0, 0.05) is 6.04 Å². The van der Waals surface area contributed by atoms with E-state index in [1.54, 1.807) is 0 Å².